The second-order valence-electron chi connectivity index (χ2n) is 4.34. The summed E-state index contributed by atoms with van der Waals surface area (Å²) in [7, 11) is 0. The summed E-state index contributed by atoms with van der Waals surface area (Å²) in [4.78, 5) is 4.27. The molecule has 1 heterocycles. The van der Waals surface area contributed by atoms with Crippen LogP contribution in [-0.4, -0.2) is 18.1 Å². The molecular formula is C14H18N2O. The maximum absolute atomic E-state index is 5.70. The molecular weight excluding hydrogens is 212 g/mol. The SMILES string of the molecule is CC(CN)CCOc1ccc2ncccc2c1. The van der Waals surface area contributed by atoms with E-state index in [4.69, 9.17) is 10.5 Å². The van der Waals surface area contributed by atoms with Gasteiger partial charge in [0.15, 0.2) is 0 Å². The summed E-state index contributed by atoms with van der Waals surface area (Å²) in [5.41, 5.74) is 6.56. The third-order valence-electron chi connectivity index (χ3n) is 2.86. The van der Waals surface area contributed by atoms with Crippen LogP contribution in [0.1, 0.15) is 13.3 Å². The first-order chi connectivity index (χ1) is 8.29. The van der Waals surface area contributed by atoms with E-state index in [0.717, 1.165) is 23.1 Å². The van der Waals surface area contributed by atoms with Crippen molar-refractivity contribution in [2.24, 2.45) is 11.7 Å². The Kier molecular flexibility index (Phi) is 3.94. The van der Waals surface area contributed by atoms with Crippen LogP contribution >= 0.6 is 0 Å². The predicted molar refractivity (Wildman–Crippen MR) is 70.1 cm³/mol. The van der Waals surface area contributed by atoms with Crippen LogP contribution in [0.15, 0.2) is 36.5 Å². The molecule has 1 aromatic heterocycles. The summed E-state index contributed by atoms with van der Waals surface area (Å²) < 4.78 is 5.70. The maximum Gasteiger partial charge on any atom is 0.120 e. The molecule has 0 amide bonds. The zero-order valence-electron chi connectivity index (χ0n) is 10.1. The third kappa shape index (κ3) is 3.17. The minimum absolute atomic E-state index is 0.511. The van der Waals surface area contributed by atoms with Crippen molar-refractivity contribution in [1.82, 2.24) is 4.98 Å². The molecule has 1 atom stereocenters. The highest BCUT2D eigenvalue weighted by Crippen LogP contribution is 2.19. The number of aromatic nitrogens is 1. The van der Waals surface area contributed by atoms with Gasteiger partial charge >= 0.3 is 0 Å². The average Bonchev–Trinajstić information content (AvgIpc) is 2.38. The van der Waals surface area contributed by atoms with E-state index in [2.05, 4.69) is 11.9 Å². The molecule has 0 spiro atoms. The normalized spacial score (nSPS) is 12.6. The summed E-state index contributed by atoms with van der Waals surface area (Å²) in [6.07, 6.45) is 2.79. The van der Waals surface area contributed by atoms with E-state index in [9.17, 15) is 0 Å². The first-order valence-electron chi connectivity index (χ1n) is 5.97. The zero-order chi connectivity index (χ0) is 12.1. The molecule has 0 aliphatic carbocycles. The van der Waals surface area contributed by atoms with E-state index < -0.39 is 0 Å². The van der Waals surface area contributed by atoms with Crippen molar-refractivity contribution in [2.75, 3.05) is 13.2 Å². The fourth-order valence-electron chi connectivity index (χ4n) is 1.64. The third-order valence-corrected chi connectivity index (χ3v) is 2.86. The highest BCUT2D eigenvalue weighted by Gasteiger charge is 2.01. The lowest BCUT2D eigenvalue weighted by Crippen LogP contribution is -2.13. The summed E-state index contributed by atoms with van der Waals surface area (Å²) in [5, 5.41) is 1.11. The van der Waals surface area contributed by atoms with Crippen molar-refractivity contribution in [2.45, 2.75) is 13.3 Å². The van der Waals surface area contributed by atoms with Crippen molar-refractivity contribution in [3.8, 4) is 5.75 Å². The Labute approximate surface area is 102 Å². The molecule has 0 saturated heterocycles. The fourth-order valence-corrected chi connectivity index (χ4v) is 1.64. The number of benzene rings is 1. The van der Waals surface area contributed by atoms with Gasteiger partial charge in [0, 0.05) is 11.6 Å². The van der Waals surface area contributed by atoms with E-state index >= 15 is 0 Å². The Morgan fingerprint density at radius 1 is 1.35 bits per heavy atom. The molecule has 0 aliphatic heterocycles. The second-order valence-corrected chi connectivity index (χ2v) is 4.34. The maximum atomic E-state index is 5.70. The van der Waals surface area contributed by atoms with E-state index in [1.165, 1.54) is 0 Å². The second kappa shape index (κ2) is 5.64. The van der Waals surface area contributed by atoms with Gasteiger partial charge < -0.3 is 10.5 Å². The molecule has 0 fully saturated rings. The molecule has 0 saturated carbocycles. The smallest absolute Gasteiger partial charge is 0.120 e. The monoisotopic (exact) mass is 230 g/mol. The highest BCUT2D eigenvalue weighted by atomic mass is 16.5. The Morgan fingerprint density at radius 2 is 2.24 bits per heavy atom. The van der Waals surface area contributed by atoms with Gasteiger partial charge in [0.2, 0.25) is 0 Å². The minimum Gasteiger partial charge on any atom is -0.494 e. The first kappa shape index (κ1) is 11.9. The van der Waals surface area contributed by atoms with Crippen LogP contribution in [0, 0.1) is 5.92 Å². The number of fused-ring (bicyclic) bond motifs is 1. The van der Waals surface area contributed by atoms with E-state index in [1.807, 2.05) is 30.3 Å². The van der Waals surface area contributed by atoms with Gasteiger partial charge in [-0.05, 0) is 43.1 Å². The van der Waals surface area contributed by atoms with Crippen LogP contribution in [0.3, 0.4) is 0 Å². The molecule has 3 nitrogen and oxygen atoms in total. The number of ether oxygens (including phenoxy) is 1. The van der Waals surface area contributed by atoms with Gasteiger partial charge in [-0.25, -0.2) is 0 Å². The number of hydrogen-bond donors (Lipinski definition) is 1. The molecule has 0 radical (unpaired) electrons. The first-order valence-corrected chi connectivity index (χ1v) is 5.97. The fraction of sp³-hybridized carbons (Fsp3) is 0.357. The van der Waals surface area contributed by atoms with Gasteiger partial charge in [0.25, 0.3) is 0 Å². The topological polar surface area (TPSA) is 48.1 Å². The number of nitrogens with zero attached hydrogens (tertiary/aromatic N) is 1. The highest BCUT2D eigenvalue weighted by molar-refractivity contribution is 5.79. The van der Waals surface area contributed by atoms with Crippen LogP contribution in [0.25, 0.3) is 10.9 Å². The number of pyridine rings is 1. The molecule has 90 valence electrons. The van der Waals surface area contributed by atoms with Crippen molar-refractivity contribution in [3.63, 3.8) is 0 Å². The van der Waals surface area contributed by atoms with Crippen molar-refractivity contribution >= 4 is 10.9 Å². The van der Waals surface area contributed by atoms with Crippen molar-refractivity contribution in [3.05, 3.63) is 36.5 Å². The number of nitrogens with two attached hydrogens (primary N) is 1. The lowest BCUT2D eigenvalue weighted by atomic mass is 10.1. The van der Waals surface area contributed by atoms with Gasteiger partial charge in [0.1, 0.15) is 5.75 Å². The molecule has 3 heteroatoms. The Hall–Kier alpha value is -1.61. The summed E-state index contributed by atoms with van der Waals surface area (Å²) in [6.45, 7) is 3.56. The Morgan fingerprint density at radius 3 is 3.06 bits per heavy atom. The van der Waals surface area contributed by atoms with Crippen LogP contribution in [-0.2, 0) is 0 Å². The molecule has 2 N–H and O–H groups in total. The molecule has 2 aromatic rings. The number of hydrogen-bond acceptors (Lipinski definition) is 3. The van der Waals surface area contributed by atoms with Gasteiger partial charge in [-0.3, -0.25) is 4.98 Å². The molecule has 0 bridgehead atoms. The lowest BCUT2D eigenvalue weighted by Gasteiger charge is -2.10. The van der Waals surface area contributed by atoms with Gasteiger partial charge in [0.05, 0.1) is 12.1 Å². The van der Waals surface area contributed by atoms with Crippen molar-refractivity contribution < 1.29 is 4.74 Å². The Bertz CT molecular complexity index is 484. The van der Waals surface area contributed by atoms with Gasteiger partial charge in [-0.2, -0.15) is 0 Å². The summed E-state index contributed by atoms with van der Waals surface area (Å²) in [6, 6.07) is 9.94. The van der Waals surface area contributed by atoms with E-state index in [-0.39, 0.29) is 0 Å². The molecule has 1 unspecified atom stereocenters. The molecule has 17 heavy (non-hydrogen) atoms. The van der Waals surface area contributed by atoms with Gasteiger partial charge in [-0.15, -0.1) is 0 Å². The minimum atomic E-state index is 0.511. The van der Waals surface area contributed by atoms with Crippen molar-refractivity contribution in [1.29, 1.82) is 0 Å². The van der Waals surface area contributed by atoms with Gasteiger partial charge in [-0.1, -0.05) is 13.0 Å². The van der Waals surface area contributed by atoms with Crippen LogP contribution in [0.4, 0.5) is 0 Å². The van der Waals surface area contributed by atoms with E-state index in [1.54, 1.807) is 6.20 Å². The Balaban J connectivity index is 1.99. The lowest BCUT2D eigenvalue weighted by molar-refractivity contribution is 0.286. The molecule has 0 aliphatic rings. The quantitative estimate of drug-likeness (QED) is 0.858. The van der Waals surface area contributed by atoms with Crippen LogP contribution in [0.2, 0.25) is 0 Å². The standard InChI is InChI=1S/C14H18N2O/c1-11(10-15)6-8-17-13-4-5-14-12(9-13)3-2-7-16-14/h2-5,7,9,11H,6,8,10,15H2,1H3. The summed E-state index contributed by atoms with van der Waals surface area (Å²) >= 11 is 0. The predicted octanol–water partition coefficient (Wildman–Crippen LogP) is 2.60. The summed E-state index contributed by atoms with van der Waals surface area (Å²) in [5.74, 6) is 1.41. The zero-order valence-corrected chi connectivity index (χ0v) is 10.1. The van der Waals surface area contributed by atoms with E-state index in [0.29, 0.717) is 19.1 Å². The molecule has 2 rings (SSSR count). The number of rotatable bonds is 5. The largest absolute Gasteiger partial charge is 0.494 e. The molecule has 1 aromatic carbocycles. The average molecular weight is 230 g/mol. The van der Waals surface area contributed by atoms with Crippen LogP contribution < -0.4 is 10.5 Å². The van der Waals surface area contributed by atoms with Crippen LogP contribution in [0.5, 0.6) is 5.75 Å².